The van der Waals surface area contributed by atoms with Crippen molar-refractivity contribution in [2.75, 3.05) is 6.54 Å². The van der Waals surface area contributed by atoms with Crippen molar-refractivity contribution in [3.05, 3.63) is 53.7 Å². The zero-order valence-corrected chi connectivity index (χ0v) is 11.3. The molecule has 0 N–H and O–H groups in total. The summed E-state index contributed by atoms with van der Waals surface area (Å²) >= 11 is 0. The molecule has 0 spiro atoms. The molecule has 1 aromatic carbocycles. The monoisotopic (exact) mass is 279 g/mol. The fraction of sp³-hybridized carbons (Fsp3) is 0.200. The van der Waals surface area contributed by atoms with Gasteiger partial charge in [0.25, 0.3) is 0 Å². The summed E-state index contributed by atoms with van der Waals surface area (Å²) in [7, 11) is 0. The smallest absolute Gasteiger partial charge is 0.318 e. The van der Waals surface area contributed by atoms with Gasteiger partial charge in [0.2, 0.25) is 0 Å². The number of carbonyl (C=O) groups excluding carboxylic acids is 1. The van der Waals surface area contributed by atoms with Crippen molar-refractivity contribution in [1.82, 2.24) is 24.9 Å². The number of rotatable bonds is 0. The molecule has 3 aromatic rings. The minimum absolute atomic E-state index is 0.175. The third kappa shape index (κ3) is 1.96. The van der Waals surface area contributed by atoms with Gasteiger partial charge < -0.3 is 4.90 Å². The Morgan fingerprint density at radius 1 is 1.10 bits per heavy atom. The number of carbonyl (C=O) groups is 1. The second kappa shape index (κ2) is 4.66. The van der Waals surface area contributed by atoms with E-state index in [9.17, 15) is 4.79 Å². The minimum Gasteiger partial charge on any atom is -0.318 e. The van der Waals surface area contributed by atoms with Gasteiger partial charge in [-0.05, 0) is 29.7 Å². The van der Waals surface area contributed by atoms with Crippen LogP contribution < -0.4 is 0 Å². The van der Waals surface area contributed by atoms with Gasteiger partial charge in [-0.25, -0.2) is 9.78 Å². The Morgan fingerprint density at radius 2 is 1.95 bits per heavy atom. The van der Waals surface area contributed by atoms with Crippen molar-refractivity contribution in [2.45, 2.75) is 13.0 Å². The molecule has 0 saturated heterocycles. The van der Waals surface area contributed by atoms with E-state index >= 15 is 0 Å². The molecule has 1 aliphatic heterocycles. The minimum atomic E-state index is -0.175. The van der Waals surface area contributed by atoms with E-state index < -0.39 is 0 Å². The Morgan fingerprint density at radius 3 is 2.86 bits per heavy atom. The molecule has 21 heavy (non-hydrogen) atoms. The molecule has 6 heteroatoms. The van der Waals surface area contributed by atoms with Crippen LogP contribution in [0.1, 0.15) is 11.1 Å². The van der Waals surface area contributed by atoms with Crippen LogP contribution in [0.25, 0.3) is 11.2 Å². The van der Waals surface area contributed by atoms with Gasteiger partial charge in [0, 0.05) is 19.3 Å². The molecule has 1 amide bonds. The van der Waals surface area contributed by atoms with Crippen LogP contribution in [0.5, 0.6) is 0 Å². The summed E-state index contributed by atoms with van der Waals surface area (Å²) in [5.74, 6) is 0. The molecule has 0 unspecified atom stereocenters. The predicted molar refractivity (Wildman–Crippen MR) is 76.7 cm³/mol. The van der Waals surface area contributed by atoms with Gasteiger partial charge in [0.15, 0.2) is 5.65 Å². The lowest BCUT2D eigenvalue weighted by Gasteiger charge is -2.28. The number of fused-ring (bicyclic) bond motifs is 2. The van der Waals surface area contributed by atoms with Crippen molar-refractivity contribution in [2.24, 2.45) is 0 Å². The first-order valence-electron chi connectivity index (χ1n) is 6.85. The highest BCUT2D eigenvalue weighted by Crippen LogP contribution is 2.19. The summed E-state index contributed by atoms with van der Waals surface area (Å²) in [6.45, 7) is 1.28. The molecule has 0 atom stereocenters. The molecule has 4 rings (SSSR count). The van der Waals surface area contributed by atoms with Crippen LogP contribution in [0.15, 0.2) is 42.6 Å². The van der Waals surface area contributed by atoms with E-state index in [4.69, 9.17) is 0 Å². The number of pyridine rings is 1. The third-order valence-electron chi connectivity index (χ3n) is 3.79. The number of nitrogens with zero attached hydrogens (tertiary/aromatic N) is 5. The Kier molecular flexibility index (Phi) is 2.67. The fourth-order valence-electron chi connectivity index (χ4n) is 2.69. The van der Waals surface area contributed by atoms with Crippen LogP contribution in [0.4, 0.5) is 4.79 Å². The SMILES string of the molecule is O=C(N1CCc2ccccc2C1)n1nnc2cccnc21. The van der Waals surface area contributed by atoms with Gasteiger partial charge in [-0.3, -0.25) is 0 Å². The first kappa shape index (κ1) is 12.0. The van der Waals surface area contributed by atoms with Gasteiger partial charge in [0.1, 0.15) is 5.52 Å². The highest BCUT2D eigenvalue weighted by molar-refractivity contribution is 5.85. The summed E-state index contributed by atoms with van der Waals surface area (Å²) < 4.78 is 1.28. The Hall–Kier alpha value is -2.76. The number of benzene rings is 1. The molecule has 0 fully saturated rings. The molecule has 0 bridgehead atoms. The maximum absolute atomic E-state index is 12.6. The van der Waals surface area contributed by atoms with Crippen LogP contribution in [-0.2, 0) is 13.0 Å². The highest BCUT2D eigenvalue weighted by Gasteiger charge is 2.24. The van der Waals surface area contributed by atoms with E-state index in [2.05, 4.69) is 27.4 Å². The van der Waals surface area contributed by atoms with Crippen LogP contribution in [0.2, 0.25) is 0 Å². The fourth-order valence-corrected chi connectivity index (χ4v) is 2.69. The second-order valence-electron chi connectivity index (χ2n) is 5.07. The van der Waals surface area contributed by atoms with Crippen molar-refractivity contribution in [3.8, 4) is 0 Å². The number of hydrogen-bond donors (Lipinski definition) is 0. The third-order valence-corrected chi connectivity index (χ3v) is 3.79. The van der Waals surface area contributed by atoms with Gasteiger partial charge in [0.05, 0.1) is 0 Å². The molecule has 0 saturated carbocycles. The summed E-state index contributed by atoms with van der Waals surface area (Å²) in [5, 5.41) is 7.92. The van der Waals surface area contributed by atoms with Crippen molar-refractivity contribution >= 4 is 17.2 Å². The largest absolute Gasteiger partial charge is 0.348 e. The topological polar surface area (TPSA) is 63.9 Å². The van der Waals surface area contributed by atoms with E-state index in [1.807, 2.05) is 12.1 Å². The molecular weight excluding hydrogens is 266 g/mol. The first-order valence-corrected chi connectivity index (χ1v) is 6.85. The highest BCUT2D eigenvalue weighted by atomic mass is 16.2. The standard InChI is InChI=1S/C15H13N5O/c21-15(20-14-13(17-18-20)6-3-8-16-14)19-9-7-11-4-1-2-5-12(11)10-19/h1-6,8H,7,9-10H2. The lowest BCUT2D eigenvalue weighted by molar-refractivity contribution is 0.191. The average molecular weight is 279 g/mol. The molecular formula is C15H13N5O. The maximum Gasteiger partial charge on any atom is 0.348 e. The van der Waals surface area contributed by atoms with Crippen LogP contribution in [0, 0.1) is 0 Å². The van der Waals surface area contributed by atoms with Gasteiger partial charge in [-0.2, -0.15) is 0 Å². The molecule has 2 aromatic heterocycles. The number of hydrogen-bond acceptors (Lipinski definition) is 4. The first-order chi connectivity index (χ1) is 10.3. The number of aromatic nitrogens is 4. The van der Waals surface area contributed by atoms with Crippen molar-refractivity contribution in [3.63, 3.8) is 0 Å². The van der Waals surface area contributed by atoms with Crippen LogP contribution in [0.3, 0.4) is 0 Å². The van der Waals surface area contributed by atoms with Crippen LogP contribution >= 0.6 is 0 Å². The van der Waals surface area contributed by atoms with E-state index in [-0.39, 0.29) is 6.03 Å². The lowest BCUT2D eigenvalue weighted by atomic mass is 10.0. The molecule has 6 nitrogen and oxygen atoms in total. The van der Waals surface area contributed by atoms with Gasteiger partial charge in [-0.15, -0.1) is 9.78 Å². The summed E-state index contributed by atoms with van der Waals surface area (Å²) in [5.41, 5.74) is 3.63. The van der Waals surface area contributed by atoms with E-state index in [1.54, 1.807) is 23.2 Å². The summed E-state index contributed by atoms with van der Waals surface area (Å²) in [6.07, 6.45) is 2.50. The number of amides is 1. The Bertz CT molecular complexity index is 826. The van der Waals surface area contributed by atoms with Crippen LogP contribution in [-0.4, -0.2) is 37.5 Å². The second-order valence-corrected chi connectivity index (χ2v) is 5.07. The zero-order valence-electron chi connectivity index (χ0n) is 11.3. The lowest BCUT2D eigenvalue weighted by Crippen LogP contribution is -2.39. The predicted octanol–water partition coefficient (Wildman–Crippen LogP) is 1.85. The van der Waals surface area contributed by atoms with E-state index in [1.165, 1.54) is 15.8 Å². The molecule has 1 aliphatic rings. The molecule has 3 heterocycles. The average Bonchev–Trinajstić information content (AvgIpc) is 2.98. The van der Waals surface area contributed by atoms with Gasteiger partial charge >= 0.3 is 6.03 Å². The Labute approximate surface area is 121 Å². The maximum atomic E-state index is 12.6. The molecule has 0 aliphatic carbocycles. The van der Waals surface area contributed by atoms with Crippen molar-refractivity contribution < 1.29 is 4.79 Å². The molecule has 104 valence electrons. The van der Waals surface area contributed by atoms with Gasteiger partial charge in [-0.1, -0.05) is 29.5 Å². The quantitative estimate of drug-likeness (QED) is 0.630. The normalized spacial score (nSPS) is 14.2. The summed E-state index contributed by atoms with van der Waals surface area (Å²) in [6, 6.07) is 11.6. The van der Waals surface area contributed by atoms with Crippen molar-refractivity contribution in [1.29, 1.82) is 0 Å². The zero-order chi connectivity index (χ0) is 14.2. The summed E-state index contributed by atoms with van der Waals surface area (Å²) in [4.78, 5) is 18.6. The Balaban J connectivity index is 1.67. The van der Waals surface area contributed by atoms with E-state index in [0.717, 1.165) is 6.42 Å². The molecule has 0 radical (unpaired) electrons. The van der Waals surface area contributed by atoms with E-state index in [0.29, 0.717) is 24.3 Å².